The predicted molar refractivity (Wildman–Crippen MR) is 97.6 cm³/mol. The van der Waals surface area contributed by atoms with E-state index >= 15 is 0 Å². The van der Waals surface area contributed by atoms with Crippen LogP contribution in [0.3, 0.4) is 0 Å². The molecule has 0 N–H and O–H groups in total. The van der Waals surface area contributed by atoms with E-state index < -0.39 is 0 Å². The van der Waals surface area contributed by atoms with E-state index in [1.807, 2.05) is 0 Å². The summed E-state index contributed by atoms with van der Waals surface area (Å²) >= 11 is 5.42. The molecule has 0 saturated carbocycles. The fraction of sp³-hybridized carbons (Fsp3) is 0.200. The molecule has 1 atom stereocenters. The molecular weight excluding hydrogens is 532 g/mol. The van der Waals surface area contributed by atoms with Gasteiger partial charge in [0.05, 0.1) is 0 Å². The van der Waals surface area contributed by atoms with Crippen LogP contribution in [0, 0.1) is 0 Å². The summed E-state index contributed by atoms with van der Waals surface area (Å²) in [6.45, 7) is 6.78. The number of rotatable bonds is 1. The standard InChI is InChI=1S/C20H17BrN.3ClH.Zr/c1-12-9-15-11-18-19(20(21)17(15)10-12)13(2)14(3)22(18)16-7-5-4-6-8-16;;;;/h4-9,11,14H,1-3H3;3*1H;/q;;;;+3/p-3. The first-order valence-electron chi connectivity index (χ1n) is 7.83. The van der Waals surface area contributed by atoms with Crippen molar-refractivity contribution in [3.8, 4) is 0 Å². The van der Waals surface area contributed by atoms with Gasteiger partial charge in [-0.2, -0.15) is 0 Å². The number of fused-ring (bicyclic) bond motifs is 2. The van der Waals surface area contributed by atoms with E-state index in [4.69, 9.17) is 0 Å². The molecule has 1 heterocycles. The van der Waals surface area contributed by atoms with E-state index in [1.54, 1.807) is 0 Å². The molecule has 1 aliphatic heterocycles. The number of halogens is 4. The van der Waals surface area contributed by atoms with Crippen molar-refractivity contribution in [3.05, 3.63) is 62.4 Å². The second-order valence-electron chi connectivity index (χ2n) is 6.32. The van der Waals surface area contributed by atoms with Crippen LogP contribution in [-0.2, 0) is 24.7 Å². The van der Waals surface area contributed by atoms with E-state index in [0.717, 1.165) is 0 Å². The third kappa shape index (κ3) is 3.51. The molecule has 1 unspecified atom stereocenters. The zero-order valence-corrected chi connectivity index (χ0v) is 20.9. The zero-order chi connectivity index (χ0) is 16.3. The van der Waals surface area contributed by atoms with Crippen LogP contribution in [0.4, 0.5) is 11.4 Å². The van der Waals surface area contributed by atoms with E-state index in [2.05, 4.69) is 84.1 Å². The molecule has 0 saturated heterocycles. The van der Waals surface area contributed by atoms with Gasteiger partial charge in [-0.25, -0.2) is 0 Å². The van der Waals surface area contributed by atoms with Gasteiger partial charge >= 0.3 is 161 Å². The van der Waals surface area contributed by atoms with Crippen LogP contribution >= 0.6 is 15.9 Å². The van der Waals surface area contributed by atoms with Gasteiger partial charge in [0.1, 0.15) is 0 Å². The maximum atomic E-state index is 3.93. The molecular formula is C20H17BrCl3NZr. The number of hydrogen-bond donors (Lipinski definition) is 0. The third-order valence-corrected chi connectivity index (χ3v) is 7.37. The molecule has 4 rings (SSSR count). The number of nitrogens with zero attached hydrogens (tertiary/aromatic N) is 1. The predicted octanol–water partition coefficient (Wildman–Crippen LogP) is -4.76. The number of allylic oxidation sites excluding steroid dienone is 1. The van der Waals surface area contributed by atoms with Crippen LogP contribution in [-0.4, -0.2) is 6.04 Å². The number of benzene rings is 2. The van der Waals surface area contributed by atoms with Gasteiger partial charge in [-0.15, -0.1) is 0 Å². The average molecular weight is 549 g/mol. The Labute approximate surface area is 196 Å². The maximum Gasteiger partial charge on any atom is -1.00 e. The van der Waals surface area contributed by atoms with Gasteiger partial charge < -0.3 is 37.2 Å². The second-order valence-corrected chi connectivity index (χ2v) is 8.34. The Hall–Kier alpha value is -0.0469. The molecule has 0 radical (unpaired) electrons. The van der Waals surface area contributed by atoms with Gasteiger partial charge in [0, 0.05) is 0 Å². The first kappa shape index (κ1) is 24.0. The van der Waals surface area contributed by atoms with Gasteiger partial charge in [0.25, 0.3) is 0 Å². The maximum absolute atomic E-state index is 3.93. The second kappa shape index (κ2) is 8.97. The first-order chi connectivity index (χ1) is 11.0. The SMILES string of the molecule is CC1=[C]([Zr+3])c2c(Br)c3c(cc2=C1)N(c1ccccc1)C(C)C=3C.[Cl-].[Cl-].[Cl-]. The van der Waals surface area contributed by atoms with Gasteiger partial charge in [-0.1, -0.05) is 0 Å². The fourth-order valence-corrected chi connectivity index (χ4v) is 5.89. The Morgan fingerprint density at radius 1 is 1.04 bits per heavy atom. The summed E-state index contributed by atoms with van der Waals surface area (Å²) in [5.74, 6) is 0. The molecule has 2 aromatic rings. The van der Waals surface area contributed by atoms with Gasteiger partial charge in [0.15, 0.2) is 0 Å². The van der Waals surface area contributed by atoms with E-state index in [1.165, 1.54) is 71.0 Å². The van der Waals surface area contributed by atoms with E-state index in [9.17, 15) is 0 Å². The van der Waals surface area contributed by atoms with Crippen molar-refractivity contribution in [2.45, 2.75) is 26.8 Å². The molecule has 26 heavy (non-hydrogen) atoms. The summed E-state index contributed by atoms with van der Waals surface area (Å²) in [6.07, 6.45) is 2.33. The van der Waals surface area contributed by atoms with Gasteiger partial charge in [0.2, 0.25) is 0 Å². The zero-order valence-electron chi connectivity index (χ0n) is 14.6. The van der Waals surface area contributed by atoms with E-state index in [0.29, 0.717) is 6.04 Å². The summed E-state index contributed by atoms with van der Waals surface area (Å²) in [7, 11) is 0. The van der Waals surface area contributed by atoms with Crippen LogP contribution in [0.1, 0.15) is 26.3 Å². The summed E-state index contributed by atoms with van der Waals surface area (Å²) in [5.41, 5.74) is 6.82. The Morgan fingerprint density at radius 3 is 2.27 bits per heavy atom. The minimum atomic E-state index is 0. The average Bonchev–Trinajstić information content (AvgIpc) is 2.96. The Balaban J connectivity index is 0.00000113. The van der Waals surface area contributed by atoms with Crippen LogP contribution in [0.5, 0.6) is 0 Å². The smallest absolute Gasteiger partial charge is 1.00 e. The molecule has 1 aliphatic carbocycles. The summed E-state index contributed by atoms with van der Waals surface area (Å²) in [4.78, 5) is 2.46. The minimum Gasteiger partial charge on any atom is -1.00 e. The van der Waals surface area contributed by atoms with Crippen molar-refractivity contribution in [2.24, 2.45) is 0 Å². The molecule has 0 bridgehead atoms. The van der Waals surface area contributed by atoms with Crippen molar-refractivity contribution in [1.82, 2.24) is 0 Å². The van der Waals surface area contributed by atoms with Gasteiger partial charge in [-0.3, -0.25) is 0 Å². The summed E-state index contributed by atoms with van der Waals surface area (Å²) in [6, 6.07) is 13.5. The number of para-hydroxylation sites is 1. The fourth-order valence-electron chi connectivity index (χ4n) is 3.65. The molecule has 2 aliphatic rings. The van der Waals surface area contributed by atoms with Crippen LogP contribution < -0.4 is 52.6 Å². The quantitative estimate of drug-likeness (QED) is 0.346. The van der Waals surface area contributed by atoms with Crippen molar-refractivity contribution < 1.29 is 61.9 Å². The summed E-state index contributed by atoms with van der Waals surface area (Å²) in [5, 5.41) is 2.73. The molecule has 2 aromatic carbocycles. The molecule has 0 amide bonds. The Kier molecular flexibility index (Phi) is 8.28. The van der Waals surface area contributed by atoms with Gasteiger partial charge in [-0.05, 0) is 0 Å². The topological polar surface area (TPSA) is 3.24 Å². The van der Waals surface area contributed by atoms with Crippen LogP contribution in [0.2, 0.25) is 0 Å². The number of anilines is 2. The molecule has 134 valence electrons. The molecule has 0 spiro atoms. The van der Waals surface area contributed by atoms with Crippen LogP contribution in [0.15, 0.2) is 46.4 Å². The Bertz CT molecular complexity index is 986. The number of hydrogen-bond acceptors (Lipinski definition) is 1. The summed E-state index contributed by atoms with van der Waals surface area (Å²) < 4.78 is 2.74. The molecule has 0 fully saturated rings. The van der Waals surface area contributed by atoms with Crippen LogP contribution in [0.25, 0.3) is 14.9 Å². The minimum absolute atomic E-state index is 0. The van der Waals surface area contributed by atoms with Crippen molar-refractivity contribution in [2.75, 3.05) is 4.90 Å². The Morgan fingerprint density at radius 2 is 1.65 bits per heavy atom. The van der Waals surface area contributed by atoms with E-state index in [-0.39, 0.29) is 37.2 Å². The normalized spacial score (nSPS) is 16.9. The van der Waals surface area contributed by atoms with Crippen molar-refractivity contribution in [1.29, 1.82) is 0 Å². The van der Waals surface area contributed by atoms with Crippen molar-refractivity contribution in [3.63, 3.8) is 0 Å². The largest absolute Gasteiger partial charge is 1.00 e. The third-order valence-electron chi connectivity index (χ3n) is 4.99. The first-order valence-corrected chi connectivity index (χ1v) is 9.85. The molecule has 0 aromatic heterocycles. The molecule has 6 heteroatoms. The molecule has 1 nitrogen and oxygen atoms in total. The van der Waals surface area contributed by atoms with Crippen molar-refractivity contribution >= 4 is 42.2 Å². The monoisotopic (exact) mass is 545 g/mol.